The molecule has 3 heterocycles. The van der Waals surface area contributed by atoms with Crippen molar-refractivity contribution < 1.29 is 9.53 Å². The molecule has 0 atom stereocenters. The van der Waals surface area contributed by atoms with Crippen molar-refractivity contribution >= 4 is 17.2 Å². The third-order valence-corrected chi connectivity index (χ3v) is 5.53. The lowest BCUT2D eigenvalue weighted by atomic mass is 10.2. The number of amides is 1. The minimum atomic E-state index is -0.149. The Kier molecular flexibility index (Phi) is 5.44. The molecule has 0 radical (unpaired) electrons. The molecule has 5 nitrogen and oxygen atoms in total. The van der Waals surface area contributed by atoms with E-state index >= 15 is 0 Å². The number of pyridine rings is 2. The van der Waals surface area contributed by atoms with Crippen LogP contribution in [0.25, 0.3) is 10.6 Å². The molecule has 1 N–H and O–H groups in total. The van der Waals surface area contributed by atoms with Crippen LogP contribution in [0.4, 0.5) is 0 Å². The summed E-state index contributed by atoms with van der Waals surface area (Å²) >= 11 is 1.65. The van der Waals surface area contributed by atoms with Crippen LogP contribution in [0, 0.1) is 0 Å². The van der Waals surface area contributed by atoms with Crippen LogP contribution in [-0.2, 0) is 6.54 Å². The van der Waals surface area contributed by atoms with Crippen LogP contribution in [0.2, 0.25) is 0 Å². The summed E-state index contributed by atoms with van der Waals surface area (Å²) in [4.78, 5) is 22.2. The van der Waals surface area contributed by atoms with Crippen molar-refractivity contribution in [2.75, 3.05) is 0 Å². The Hall–Kier alpha value is -2.73. The summed E-state index contributed by atoms with van der Waals surface area (Å²) in [7, 11) is 0. The Balaban J connectivity index is 1.34. The van der Waals surface area contributed by atoms with Gasteiger partial charge < -0.3 is 10.1 Å². The van der Waals surface area contributed by atoms with Crippen molar-refractivity contribution in [3.05, 3.63) is 65.3 Å². The number of nitrogens with zero attached hydrogens (tertiary/aromatic N) is 2. The normalized spacial score (nSPS) is 14.2. The third kappa shape index (κ3) is 4.52. The van der Waals surface area contributed by atoms with Crippen LogP contribution in [-0.4, -0.2) is 22.0 Å². The van der Waals surface area contributed by atoms with Gasteiger partial charge in [0.05, 0.1) is 16.1 Å². The first-order chi connectivity index (χ1) is 13.3. The molecule has 0 spiro atoms. The highest BCUT2D eigenvalue weighted by Gasteiger charge is 2.17. The van der Waals surface area contributed by atoms with Crippen LogP contribution in [0.15, 0.2) is 54.2 Å². The molecule has 0 aromatic carbocycles. The number of hydrogen-bond donors (Lipinski definition) is 1. The number of ether oxygens (including phenoxy) is 1. The van der Waals surface area contributed by atoms with Crippen LogP contribution < -0.4 is 10.1 Å². The molecule has 0 bridgehead atoms. The largest absolute Gasteiger partial charge is 0.474 e. The van der Waals surface area contributed by atoms with Gasteiger partial charge in [0.2, 0.25) is 5.88 Å². The van der Waals surface area contributed by atoms with E-state index in [4.69, 9.17) is 4.74 Å². The van der Waals surface area contributed by atoms with Crippen molar-refractivity contribution in [1.29, 1.82) is 0 Å². The Morgan fingerprint density at radius 1 is 1.19 bits per heavy atom. The molecule has 4 rings (SSSR count). The lowest BCUT2D eigenvalue weighted by molar-refractivity contribution is 0.0950. The zero-order valence-corrected chi connectivity index (χ0v) is 15.7. The fourth-order valence-electron chi connectivity index (χ4n) is 3.19. The third-order valence-electron chi connectivity index (χ3n) is 4.64. The highest BCUT2D eigenvalue weighted by molar-refractivity contribution is 7.13. The van der Waals surface area contributed by atoms with Gasteiger partial charge >= 0.3 is 0 Å². The molecule has 27 heavy (non-hydrogen) atoms. The van der Waals surface area contributed by atoms with Crippen molar-refractivity contribution in [3.63, 3.8) is 0 Å². The van der Waals surface area contributed by atoms with Crippen molar-refractivity contribution in [2.45, 2.75) is 38.3 Å². The van der Waals surface area contributed by atoms with Crippen LogP contribution >= 0.6 is 11.3 Å². The van der Waals surface area contributed by atoms with E-state index in [2.05, 4.69) is 15.3 Å². The Morgan fingerprint density at radius 2 is 2.07 bits per heavy atom. The van der Waals surface area contributed by atoms with Gasteiger partial charge in [0.25, 0.3) is 5.91 Å². The number of carbonyl (C=O) groups excluding carboxylic acids is 1. The Morgan fingerprint density at radius 3 is 2.81 bits per heavy atom. The summed E-state index contributed by atoms with van der Waals surface area (Å²) in [6.07, 6.45) is 8.22. The molecular weight excluding hydrogens is 358 g/mol. The van der Waals surface area contributed by atoms with Gasteiger partial charge in [-0.15, -0.1) is 11.3 Å². The lowest BCUT2D eigenvalue weighted by Gasteiger charge is -2.12. The first-order valence-electron chi connectivity index (χ1n) is 9.18. The SMILES string of the molecule is O=C(NCc1ccnc(-c2cccs2)c1)c1ccc(OC2CCCC2)nc1. The Bertz CT molecular complexity index is 888. The van der Waals surface area contributed by atoms with Crippen LogP contribution in [0.1, 0.15) is 41.6 Å². The minimum absolute atomic E-state index is 0.149. The molecule has 1 aliphatic rings. The van der Waals surface area contributed by atoms with Crippen molar-refractivity contribution in [2.24, 2.45) is 0 Å². The second-order valence-electron chi connectivity index (χ2n) is 6.62. The van der Waals surface area contributed by atoms with E-state index in [0.29, 0.717) is 18.0 Å². The number of rotatable bonds is 6. The number of aromatic nitrogens is 2. The zero-order valence-electron chi connectivity index (χ0n) is 14.9. The van der Waals surface area contributed by atoms with Gasteiger partial charge in [-0.3, -0.25) is 9.78 Å². The first kappa shape index (κ1) is 17.7. The number of thiophene rings is 1. The molecule has 3 aromatic heterocycles. The maximum atomic E-state index is 12.4. The standard InChI is InChI=1S/C21H21N3O2S/c25-21(16-7-8-20(23-14-16)26-17-4-1-2-5-17)24-13-15-9-10-22-18(12-15)19-6-3-11-27-19/h3,6-12,14,17H,1-2,4-5,13H2,(H,24,25). The minimum Gasteiger partial charge on any atom is -0.474 e. The van der Waals surface area contributed by atoms with E-state index in [-0.39, 0.29) is 12.0 Å². The molecule has 1 aliphatic carbocycles. The van der Waals surface area contributed by atoms with Gasteiger partial charge in [-0.25, -0.2) is 4.98 Å². The van der Waals surface area contributed by atoms with E-state index in [1.807, 2.05) is 29.6 Å². The molecule has 0 saturated heterocycles. The maximum Gasteiger partial charge on any atom is 0.253 e. The predicted molar refractivity (Wildman–Crippen MR) is 106 cm³/mol. The van der Waals surface area contributed by atoms with Gasteiger partial charge in [-0.2, -0.15) is 0 Å². The predicted octanol–water partition coefficient (Wildman–Crippen LogP) is 4.46. The average molecular weight is 379 g/mol. The van der Waals surface area contributed by atoms with Gasteiger partial charge in [-0.1, -0.05) is 6.07 Å². The topological polar surface area (TPSA) is 64.1 Å². The van der Waals surface area contributed by atoms with E-state index in [0.717, 1.165) is 29.0 Å². The highest BCUT2D eigenvalue weighted by atomic mass is 32.1. The van der Waals surface area contributed by atoms with Gasteiger partial charge in [0.15, 0.2) is 0 Å². The summed E-state index contributed by atoms with van der Waals surface area (Å²) in [6.45, 7) is 0.444. The Labute approximate surface area is 162 Å². The van der Waals surface area contributed by atoms with E-state index in [1.54, 1.807) is 35.9 Å². The fourth-order valence-corrected chi connectivity index (χ4v) is 3.88. The quantitative estimate of drug-likeness (QED) is 0.687. The summed E-state index contributed by atoms with van der Waals surface area (Å²) < 4.78 is 5.84. The highest BCUT2D eigenvalue weighted by Crippen LogP contribution is 2.24. The number of nitrogens with one attached hydrogen (secondary N) is 1. The first-order valence-corrected chi connectivity index (χ1v) is 10.1. The monoisotopic (exact) mass is 379 g/mol. The van der Waals surface area contributed by atoms with Crippen LogP contribution in [0.3, 0.4) is 0 Å². The smallest absolute Gasteiger partial charge is 0.253 e. The average Bonchev–Trinajstić information content (AvgIpc) is 3.41. The number of carbonyl (C=O) groups is 1. The maximum absolute atomic E-state index is 12.4. The van der Waals surface area contributed by atoms with Crippen molar-refractivity contribution in [1.82, 2.24) is 15.3 Å². The van der Waals surface area contributed by atoms with E-state index in [9.17, 15) is 4.79 Å². The lowest BCUT2D eigenvalue weighted by Crippen LogP contribution is -2.23. The molecule has 1 fully saturated rings. The summed E-state index contributed by atoms with van der Waals surface area (Å²) in [5.41, 5.74) is 2.46. The second kappa shape index (κ2) is 8.31. The fraction of sp³-hybridized carbons (Fsp3) is 0.286. The number of hydrogen-bond acceptors (Lipinski definition) is 5. The molecule has 138 valence electrons. The molecule has 1 amide bonds. The molecule has 0 aliphatic heterocycles. The van der Waals surface area contributed by atoms with Gasteiger partial charge in [0, 0.05) is 25.0 Å². The summed E-state index contributed by atoms with van der Waals surface area (Å²) in [5, 5.41) is 4.96. The zero-order chi connectivity index (χ0) is 18.5. The molecular formula is C21H21N3O2S. The van der Waals surface area contributed by atoms with E-state index < -0.39 is 0 Å². The van der Waals surface area contributed by atoms with Gasteiger partial charge in [-0.05, 0) is 60.9 Å². The van der Waals surface area contributed by atoms with Crippen molar-refractivity contribution in [3.8, 4) is 16.5 Å². The molecule has 1 saturated carbocycles. The summed E-state index contributed by atoms with van der Waals surface area (Å²) in [5.74, 6) is 0.442. The van der Waals surface area contributed by atoms with E-state index in [1.165, 1.54) is 12.8 Å². The molecule has 0 unspecified atom stereocenters. The van der Waals surface area contributed by atoms with Crippen LogP contribution in [0.5, 0.6) is 5.88 Å². The molecule has 6 heteroatoms. The summed E-state index contributed by atoms with van der Waals surface area (Å²) in [6, 6.07) is 11.5. The second-order valence-corrected chi connectivity index (χ2v) is 7.57. The van der Waals surface area contributed by atoms with Gasteiger partial charge in [0.1, 0.15) is 6.10 Å². The molecule has 3 aromatic rings.